The van der Waals surface area contributed by atoms with Gasteiger partial charge >= 0.3 is 6.03 Å². The predicted octanol–water partition coefficient (Wildman–Crippen LogP) is 3.90. The lowest BCUT2D eigenvalue weighted by Crippen LogP contribution is -2.52. The highest BCUT2D eigenvalue weighted by Gasteiger charge is 2.29. The van der Waals surface area contributed by atoms with Gasteiger partial charge in [0, 0.05) is 39.3 Å². The fourth-order valence-electron chi connectivity index (χ4n) is 4.50. The molecule has 29 heavy (non-hydrogen) atoms. The van der Waals surface area contributed by atoms with E-state index < -0.39 is 0 Å². The summed E-state index contributed by atoms with van der Waals surface area (Å²) in [6, 6.07) is 20.0. The van der Waals surface area contributed by atoms with Crippen LogP contribution in [0.25, 0.3) is 0 Å². The van der Waals surface area contributed by atoms with Crippen LogP contribution in [0, 0.1) is 5.92 Å². The first-order valence-electron chi connectivity index (χ1n) is 10.9. The number of hydrogen-bond acceptors (Lipinski definition) is 3. The van der Waals surface area contributed by atoms with Gasteiger partial charge in [0.2, 0.25) is 0 Å². The Morgan fingerprint density at radius 2 is 1.45 bits per heavy atom. The van der Waals surface area contributed by atoms with Gasteiger partial charge in [-0.25, -0.2) is 4.79 Å². The van der Waals surface area contributed by atoms with Crippen LogP contribution >= 0.6 is 0 Å². The second kappa shape index (κ2) is 9.42. The molecule has 4 rings (SSSR count). The molecule has 0 saturated carbocycles. The lowest BCUT2D eigenvalue weighted by atomic mass is 10.1. The predicted molar refractivity (Wildman–Crippen MR) is 119 cm³/mol. The van der Waals surface area contributed by atoms with Crippen molar-refractivity contribution in [1.29, 1.82) is 0 Å². The lowest BCUT2D eigenvalue weighted by Gasteiger charge is -2.38. The molecule has 5 nitrogen and oxygen atoms in total. The zero-order valence-corrected chi connectivity index (χ0v) is 17.4. The smallest absolute Gasteiger partial charge is 0.321 e. The van der Waals surface area contributed by atoms with Gasteiger partial charge in [0.1, 0.15) is 0 Å². The van der Waals surface area contributed by atoms with E-state index in [-0.39, 0.29) is 6.03 Å². The number of likely N-dealkylation sites (tertiary alicyclic amines) is 1. The van der Waals surface area contributed by atoms with Crippen LogP contribution in [0.3, 0.4) is 0 Å². The van der Waals surface area contributed by atoms with E-state index in [2.05, 4.69) is 16.7 Å². The first kappa shape index (κ1) is 19.9. The molecule has 1 atom stereocenters. The number of carbonyl (C=O) groups excluding carboxylic acids is 1. The van der Waals surface area contributed by atoms with E-state index in [1.807, 2.05) is 70.5 Å². The summed E-state index contributed by atoms with van der Waals surface area (Å²) in [5.74, 6) is 0.780. The highest BCUT2D eigenvalue weighted by molar-refractivity contribution is 5.99. The van der Waals surface area contributed by atoms with Gasteiger partial charge in [0.25, 0.3) is 0 Å². The van der Waals surface area contributed by atoms with Crippen LogP contribution in [0.4, 0.5) is 16.2 Å². The molecular formula is C24H32N4O. The third-order valence-electron chi connectivity index (χ3n) is 6.20. The van der Waals surface area contributed by atoms with E-state index >= 15 is 0 Å². The SMILES string of the molecule is CCN1CC[C@@H](CN2CCN(C(=O)N(c3ccccc3)c3ccccc3)CC2)C1. The maximum absolute atomic E-state index is 13.5. The van der Waals surface area contributed by atoms with E-state index in [0.717, 1.165) is 50.0 Å². The fourth-order valence-corrected chi connectivity index (χ4v) is 4.50. The monoisotopic (exact) mass is 392 g/mol. The molecule has 2 aliphatic heterocycles. The van der Waals surface area contributed by atoms with Crippen molar-refractivity contribution in [2.24, 2.45) is 5.92 Å². The first-order valence-corrected chi connectivity index (χ1v) is 10.9. The molecule has 0 aliphatic carbocycles. The van der Waals surface area contributed by atoms with Gasteiger partial charge < -0.3 is 9.80 Å². The van der Waals surface area contributed by atoms with Crippen LogP contribution in [0.5, 0.6) is 0 Å². The van der Waals surface area contributed by atoms with Crippen molar-refractivity contribution in [2.45, 2.75) is 13.3 Å². The van der Waals surface area contributed by atoms with Crippen LogP contribution in [-0.4, -0.2) is 73.1 Å². The maximum atomic E-state index is 13.5. The number of para-hydroxylation sites is 2. The number of nitrogens with zero attached hydrogens (tertiary/aromatic N) is 4. The Bertz CT molecular complexity index is 734. The molecule has 2 aromatic carbocycles. The number of rotatable bonds is 5. The van der Waals surface area contributed by atoms with Crippen LogP contribution in [0.15, 0.2) is 60.7 Å². The summed E-state index contributed by atoms with van der Waals surface area (Å²) in [5.41, 5.74) is 1.83. The number of anilines is 2. The number of carbonyl (C=O) groups is 1. The van der Waals surface area contributed by atoms with Crippen molar-refractivity contribution in [2.75, 3.05) is 57.3 Å². The molecule has 0 unspecified atom stereocenters. The highest BCUT2D eigenvalue weighted by Crippen LogP contribution is 2.27. The third-order valence-corrected chi connectivity index (χ3v) is 6.20. The molecule has 2 saturated heterocycles. The number of urea groups is 1. The van der Waals surface area contributed by atoms with Gasteiger partial charge in [-0.15, -0.1) is 0 Å². The van der Waals surface area contributed by atoms with Crippen LogP contribution in [0.1, 0.15) is 13.3 Å². The largest absolute Gasteiger partial charge is 0.329 e. The number of benzene rings is 2. The Kier molecular flexibility index (Phi) is 6.47. The van der Waals surface area contributed by atoms with E-state index in [9.17, 15) is 4.79 Å². The zero-order valence-electron chi connectivity index (χ0n) is 17.4. The average Bonchev–Trinajstić information content (AvgIpc) is 3.23. The Hall–Kier alpha value is -2.37. The Morgan fingerprint density at radius 1 is 0.862 bits per heavy atom. The molecule has 0 N–H and O–H groups in total. The van der Waals surface area contributed by atoms with Gasteiger partial charge in [0.15, 0.2) is 0 Å². The minimum atomic E-state index is 0.0695. The van der Waals surface area contributed by atoms with Crippen molar-refractivity contribution >= 4 is 17.4 Å². The summed E-state index contributed by atoms with van der Waals surface area (Å²) >= 11 is 0. The van der Waals surface area contributed by atoms with Gasteiger partial charge in [-0.05, 0) is 49.7 Å². The second-order valence-corrected chi connectivity index (χ2v) is 8.12. The minimum Gasteiger partial charge on any atom is -0.321 e. The van der Waals surface area contributed by atoms with Crippen molar-refractivity contribution in [1.82, 2.24) is 14.7 Å². The van der Waals surface area contributed by atoms with Crippen molar-refractivity contribution in [3.05, 3.63) is 60.7 Å². The summed E-state index contributed by atoms with van der Waals surface area (Å²) in [5, 5.41) is 0. The highest BCUT2D eigenvalue weighted by atomic mass is 16.2. The molecule has 2 fully saturated rings. The molecule has 0 aromatic heterocycles. The van der Waals surface area contributed by atoms with Gasteiger partial charge in [-0.1, -0.05) is 43.3 Å². The molecule has 0 spiro atoms. The lowest BCUT2D eigenvalue weighted by molar-refractivity contribution is 0.132. The molecule has 2 heterocycles. The summed E-state index contributed by atoms with van der Waals surface area (Å²) in [6.07, 6.45) is 1.31. The van der Waals surface area contributed by atoms with Gasteiger partial charge in [-0.3, -0.25) is 9.80 Å². The quantitative estimate of drug-likeness (QED) is 0.773. The average molecular weight is 393 g/mol. The molecule has 2 aliphatic rings. The van der Waals surface area contributed by atoms with E-state index in [1.54, 1.807) is 0 Å². The van der Waals surface area contributed by atoms with E-state index in [4.69, 9.17) is 0 Å². The minimum absolute atomic E-state index is 0.0695. The zero-order chi connectivity index (χ0) is 20.1. The molecule has 5 heteroatoms. The number of amides is 2. The van der Waals surface area contributed by atoms with Gasteiger partial charge in [0.05, 0.1) is 11.4 Å². The third kappa shape index (κ3) is 4.80. The Morgan fingerprint density at radius 3 is 1.97 bits per heavy atom. The summed E-state index contributed by atoms with van der Waals surface area (Å²) in [6.45, 7) is 10.6. The fraction of sp³-hybridized carbons (Fsp3) is 0.458. The summed E-state index contributed by atoms with van der Waals surface area (Å²) in [4.78, 5) is 22.4. The van der Waals surface area contributed by atoms with Crippen molar-refractivity contribution in [3.63, 3.8) is 0 Å². The van der Waals surface area contributed by atoms with Crippen molar-refractivity contribution < 1.29 is 4.79 Å². The molecular weight excluding hydrogens is 360 g/mol. The number of piperazine rings is 1. The van der Waals surface area contributed by atoms with Crippen molar-refractivity contribution in [3.8, 4) is 0 Å². The van der Waals surface area contributed by atoms with E-state index in [0.29, 0.717) is 0 Å². The molecule has 0 bridgehead atoms. The molecule has 0 radical (unpaired) electrons. The van der Waals surface area contributed by atoms with Crippen LogP contribution < -0.4 is 4.90 Å². The normalized spacial score (nSPS) is 20.7. The molecule has 2 aromatic rings. The van der Waals surface area contributed by atoms with Crippen LogP contribution in [0.2, 0.25) is 0 Å². The standard InChI is InChI=1S/C24H32N4O/c1-2-25-14-13-21(19-25)20-26-15-17-27(18-16-26)24(29)28(22-9-5-3-6-10-22)23-11-7-4-8-12-23/h3-12,21H,2,13-20H2,1H3/t21-/m1/s1. The first-order chi connectivity index (χ1) is 14.2. The Labute approximate surface area is 174 Å². The van der Waals surface area contributed by atoms with Crippen LogP contribution in [-0.2, 0) is 0 Å². The van der Waals surface area contributed by atoms with Gasteiger partial charge in [-0.2, -0.15) is 0 Å². The maximum Gasteiger partial charge on any atom is 0.329 e. The summed E-state index contributed by atoms with van der Waals surface area (Å²) < 4.78 is 0. The molecule has 2 amide bonds. The topological polar surface area (TPSA) is 30.0 Å². The second-order valence-electron chi connectivity index (χ2n) is 8.12. The summed E-state index contributed by atoms with van der Waals surface area (Å²) in [7, 11) is 0. The Balaban J connectivity index is 1.39. The van der Waals surface area contributed by atoms with E-state index in [1.165, 1.54) is 26.1 Å². The molecule has 154 valence electrons. The number of hydrogen-bond donors (Lipinski definition) is 0.